The van der Waals surface area contributed by atoms with Gasteiger partial charge in [-0.15, -0.1) is 22.9 Å². The molecule has 0 fully saturated rings. The van der Waals surface area contributed by atoms with Crippen LogP contribution in [-0.2, 0) is 0 Å². The highest BCUT2D eigenvalue weighted by atomic mass is 35.5. The standard InChI is InChI=1S/C15H14ClN3S/c1-10-8-20-14-13(10)18-9-19-15(14)17-7-12(16)11-5-3-2-4-6-11/h2-6,8-9,12H,7H2,1H3,(H,17,18,19). The van der Waals surface area contributed by atoms with Gasteiger partial charge in [0.1, 0.15) is 12.1 Å². The third-order valence-corrected chi connectivity index (χ3v) is 4.64. The summed E-state index contributed by atoms with van der Waals surface area (Å²) in [6.45, 7) is 2.69. The second-order valence-corrected chi connectivity index (χ2v) is 5.98. The molecule has 1 N–H and O–H groups in total. The highest BCUT2D eigenvalue weighted by Gasteiger charge is 2.11. The molecule has 0 saturated heterocycles. The summed E-state index contributed by atoms with van der Waals surface area (Å²) in [5.74, 6) is 0.856. The molecule has 0 spiro atoms. The van der Waals surface area contributed by atoms with Crippen molar-refractivity contribution in [3.05, 3.63) is 53.2 Å². The van der Waals surface area contributed by atoms with E-state index in [0.29, 0.717) is 6.54 Å². The molecule has 2 heterocycles. The molecule has 0 aliphatic carbocycles. The van der Waals surface area contributed by atoms with E-state index in [1.54, 1.807) is 17.7 Å². The van der Waals surface area contributed by atoms with Gasteiger partial charge in [0.25, 0.3) is 0 Å². The molecule has 1 aromatic carbocycles. The van der Waals surface area contributed by atoms with Gasteiger partial charge in [-0.2, -0.15) is 0 Å². The Bertz CT molecular complexity index is 711. The smallest absolute Gasteiger partial charge is 0.147 e. The number of aryl methyl sites for hydroxylation is 1. The molecule has 5 heteroatoms. The summed E-state index contributed by atoms with van der Waals surface area (Å²) in [6, 6.07) is 10.0. The van der Waals surface area contributed by atoms with Crippen molar-refractivity contribution < 1.29 is 0 Å². The zero-order valence-corrected chi connectivity index (χ0v) is 12.6. The highest BCUT2D eigenvalue weighted by Crippen LogP contribution is 2.29. The van der Waals surface area contributed by atoms with E-state index in [0.717, 1.165) is 21.6 Å². The quantitative estimate of drug-likeness (QED) is 0.726. The summed E-state index contributed by atoms with van der Waals surface area (Å²) in [4.78, 5) is 8.63. The first-order valence-electron chi connectivity index (χ1n) is 6.37. The number of hydrogen-bond acceptors (Lipinski definition) is 4. The Kier molecular flexibility index (Phi) is 3.85. The largest absolute Gasteiger partial charge is 0.367 e. The monoisotopic (exact) mass is 303 g/mol. The van der Waals surface area contributed by atoms with E-state index in [2.05, 4.69) is 27.6 Å². The Balaban J connectivity index is 1.77. The van der Waals surface area contributed by atoms with Crippen molar-refractivity contribution in [1.29, 1.82) is 0 Å². The average Bonchev–Trinajstić information content (AvgIpc) is 2.88. The van der Waals surface area contributed by atoms with Gasteiger partial charge < -0.3 is 5.32 Å². The van der Waals surface area contributed by atoms with Crippen molar-refractivity contribution >= 4 is 39.0 Å². The summed E-state index contributed by atoms with van der Waals surface area (Å²) in [6.07, 6.45) is 1.59. The fourth-order valence-electron chi connectivity index (χ4n) is 2.06. The number of nitrogens with one attached hydrogen (secondary N) is 1. The van der Waals surface area contributed by atoms with Gasteiger partial charge in [-0.05, 0) is 23.4 Å². The molecule has 0 saturated carbocycles. The first-order valence-corrected chi connectivity index (χ1v) is 7.69. The highest BCUT2D eigenvalue weighted by molar-refractivity contribution is 7.18. The molecule has 3 aromatic rings. The zero-order valence-electron chi connectivity index (χ0n) is 11.0. The van der Waals surface area contributed by atoms with Crippen LogP contribution in [0.3, 0.4) is 0 Å². The molecule has 3 nitrogen and oxygen atoms in total. The normalized spacial score (nSPS) is 12.5. The van der Waals surface area contributed by atoms with Crippen molar-refractivity contribution in [2.45, 2.75) is 12.3 Å². The molecule has 3 rings (SSSR count). The van der Waals surface area contributed by atoms with Crippen LogP contribution in [0.4, 0.5) is 5.82 Å². The number of hydrogen-bond donors (Lipinski definition) is 1. The summed E-state index contributed by atoms with van der Waals surface area (Å²) < 4.78 is 1.09. The van der Waals surface area contributed by atoms with Crippen LogP contribution < -0.4 is 5.32 Å². The Morgan fingerprint density at radius 3 is 2.85 bits per heavy atom. The van der Waals surface area contributed by atoms with Crippen LogP contribution in [0, 0.1) is 6.92 Å². The number of anilines is 1. The molecule has 1 unspecified atom stereocenters. The second kappa shape index (κ2) is 5.77. The molecule has 20 heavy (non-hydrogen) atoms. The van der Waals surface area contributed by atoms with Crippen molar-refractivity contribution in [3.8, 4) is 0 Å². The van der Waals surface area contributed by atoms with E-state index < -0.39 is 0 Å². The van der Waals surface area contributed by atoms with Crippen LogP contribution >= 0.6 is 22.9 Å². The Labute approximate surface area is 126 Å². The minimum Gasteiger partial charge on any atom is -0.367 e. The number of halogens is 1. The molecule has 1 atom stereocenters. The first kappa shape index (κ1) is 13.3. The number of rotatable bonds is 4. The Morgan fingerprint density at radius 2 is 2.05 bits per heavy atom. The van der Waals surface area contributed by atoms with E-state index in [-0.39, 0.29) is 5.38 Å². The second-order valence-electron chi connectivity index (χ2n) is 4.58. The molecule has 0 aliphatic heterocycles. The maximum atomic E-state index is 6.41. The fourth-order valence-corrected chi connectivity index (χ4v) is 3.25. The number of nitrogens with zero attached hydrogens (tertiary/aromatic N) is 2. The Morgan fingerprint density at radius 1 is 1.25 bits per heavy atom. The lowest BCUT2D eigenvalue weighted by atomic mass is 10.1. The van der Waals surface area contributed by atoms with E-state index in [1.807, 2.05) is 30.3 Å². The molecule has 0 amide bonds. The van der Waals surface area contributed by atoms with E-state index in [4.69, 9.17) is 11.6 Å². The van der Waals surface area contributed by atoms with Gasteiger partial charge in [0.05, 0.1) is 15.6 Å². The SMILES string of the molecule is Cc1csc2c(NCC(Cl)c3ccccc3)ncnc12. The van der Waals surface area contributed by atoms with Gasteiger partial charge in [-0.3, -0.25) is 0 Å². The lowest BCUT2D eigenvalue weighted by Crippen LogP contribution is -2.09. The fraction of sp³-hybridized carbons (Fsp3) is 0.200. The number of fused-ring (bicyclic) bond motifs is 1. The summed E-state index contributed by atoms with van der Waals surface area (Å²) in [7, 11) is 0. The number of benzene rings is 1. The van der Waals surface area contributed by atoms with Crippen LogP contribution in [-0.4, -0.2) is 16.5 Å². The van der Waals surface area contributed by atoms with Gasteiger partial charge in [-0.1, -0.05) is 30.3 Å². The maximum absolute atomic E-state index is 6.41. The lowest BCUT2D eigenvalue weighted by molar-refractivity contribution is 0.968. The molecule has 2 aromatic heterocycles. The van der Waals surface area contributed by atoms with Crippen molar-refractivity contribution in [3.63, 3.8) is 0 Å². The number of thiophene rings is 1. The minimum atomic E-state index is -0.0812. The van der Waals surface area contributed by atoms with Gasteiger partial charge in [0.15, 0.2) is 0 Å². The maximum Gasteiger partial charge on any atom is 0.147 e. The van der Waals surface area contributed by atoms with E-state index >= 15 is 0 Å². The molecular formula is C15H14ClN3S. The number of aromatic nitrogens is 2. The average molecular weight is 304 g/mol. The molecule has 0 bridgehead atoms. The predicted octanol–water partition coefficient (Wildman–Crippen LogP) is 4.39. The number of alkyl halides is 1. The summed E-state index contributed by atoms with van der Waals surface area (Å²) >= 11 is 8.07. The van der Waals surface area contributed by atoms with Crippen LogP contribution in [0.2, 0.25) is 0 Å². The van der Waals surface area contributed by atoms with E-state index in [9.17, 15) is 0 Å². The van der Waals surface area contributed by atoms with E-state index in [1.165, 1.54) is 5.56 Å². The van der Waals surface area contributed by atoms with Crippen LogP contribution in [0.1, 0.15) is 16.5 Å². The van der Waals surface area contributed by atoms with Crippen LogP contribution in [0.15, 0.2) is 42.0 Å². The van der Waals surface area contributed by atoms with Gasteiger partial charge in [-0.25, -0.2) is 9.97 Å². The summed E-state index contributed by atoms with van der Waals surface area (Å²) in [5.41, 5.74) is 3.30. The van der Waals surface area contributed by atoms with Gasteiger partial charge in [0.2, 0.25) is 0 Å². The molecule has 0 radical (unpaired) electrons. The third-order valence-electron chi connectivity index (χ3n) is 3.14. The van der Waals surface area contributed by atoms with Crippen LogP contribution in [0.5, 0.6) is 0 Å². The molecular weight excluding hydrogens is 290 g/mol. The zero-order chi connectivity index (χ0) is 13.9. The molecule has 0 aliphatic rings. The minimum absolute atomic E-state index is 0.0812. The van der Waals surface area contributed by atoms with Crippen molar-refractivity contribution in [1.82, 2.24) is 9.97 Å². The lowest BCUT2D eigenvalue weighted by Gasteiger charge is -2.12. The van der Waals surface area contributed by atoms with Gasteiger partial charge in [0, 0.05) is 6.54 Å². The van der Waals surface area contributed by atoms with Crippen LogP contribution in [0.25, 0.3) is 10.2 Å². The summed E-state index contributed by atoms with van der Waals surface area (Å²) in [5, 5.41) is 5.34. The van der Waals surface area contributed by atoms with Gasteiger partial charge >= 0.3 is 0 Å². The third kappa shape index (κ3) is 2.62. The Hall–Kier alpha value is -1.65. The first-order chi connectivity index (χ1) is 9.75. The molecule has 102 valence electrons. The topological polar surface area (TPSA) is 37.8 Å². The van der Waals surface area contributed by atoms with Crippen molar-refractivity contribution in [2.75, 3.05) is 11.9 Å². The predicted molar refractivity (Wildman–Crippen MR) is 85.7 cm³/mol. The van der Waals surface area contributed by atoms with Crippen molar-refractivity contribution in [2.24, 2.45) is 0 Å².